The minimum absolute atomic E-state index is 0. The van der Waals surface area contributed by atoms with Gasteiger partial charge in [0, 0.05) is 23.5 Å². The first-order valence-electron chi connectivity index (χ1n) is 4.88. The van der Waals surface area contributed by atoms with Crippen LogP contribution in [-0.2, 0) is 0 Å². The molecule has 0 bridgehead atoms. The highest BCUT2D eigenvalue weighted by atomic mass is 35.5. The summed E-state index contributed by atoms with van der Waals surface area (Å²) >= 11 is 0. The van der Waals surface area contributed by atoms with Gasteiger partial charge in [0.1, 0.15) is 5.82 Å². The predicted octanol–water partition coefficient (Wildman–Crippen LogP) is 2.81. The number of halogens is 3. The van der Waals surface area contributed by atoms with Gasteiger partial charge in [-0.1, -0.05) is 0 Å². The highest BCUT2D eigenvalue weighted by Gasteiger charge is 2.04. The first kappa shape index (κ1) is 14.1. The Morgan fingerprint density at radius 1 is 1.11 bits per heavy atom. The predicted molar refractivity (Wildman–Crippen MR) is 68.1 cm³/mol. The second kappa shape index (κ2) is 5.59. The van der Waals surface area contributed by atoms with Crippen LogP contribution in [0, 0.1) is 18.6 Å². The van der Waals surface area contributed by atoms with E-state index in [9.17, 15) is 8.78 Å². The molecule has 0 atom stereocenters. The standard InChI is InChI=1S/C11H10F2N4.ClH/c1-6-4-10(17-11(14)15-6)16-7-2-3-8(12)9(13)5-7;/h2-5H,1H3,(H3,14,15,16,17);1H. The van der Waals surface area contributed by atoms with Gasteiger partial charge >= 0.3 is 0 Å². The number of hydrogen-bond acceptors (Lipinski definition) is 4. The van der Waals surface area contributed by atoms with Gasteiger partial charge in [0.25, 0.3) is 0 Å². The maximum atomic E-state index is 13.0. The third-order valence-corrected chi connectivity index (χ3v) is 2.06. The number of hydrogen-bond donors (Lipinski definition) is 2. The monoisotopic (exact) mass is 272 g/mol. The summed E-state index contributed by atoms with van der Waals surface area (Å²) < 4.78 is 25.7. The second-order valence-electron chi connectivity index (χ2n) is 3.51. The van der Waals surface area contributed by atoms with Gasteiger partial charge in [0.05, 0.1) is 0 Å². The highest BCUT2D eigenvalue weighted by molar-refractivity contribution is 5.85. The Balaban J connectivity index is 0.00000162. The SMILES string of the molecule is Cc1cc(Nc2ccc(F)c(F)c2)nc(N)n1.Cl. The Morgan fingerprint density at radius 2 is 1.83 bits per heavy atom. The van der Waals surface area contributed by atoms with Gasteiger partial charge in [-0.05, 0) is 19.1 Å². The molecule has 0 amide bonds. The van der Waals surface area contributed by atoms with Gasteiger partial charge in [-0.3, -0.25) is 0 Å². The molecule has 0 unspecified atom stereocenters. The number of benzene rings is 1. The average molecular weight is 273 g/mol. The van der Waals surface area contributed by atoms with Crippen molar-refractivity contribution in [2.75, 3.05) is 11.1 Å². The molecule has 1 aromatic heterocycles. The van der Waals surface area contributed by atoms with Crippen molar-refractivity contribution in [3.8, 4) is 0 Å². The van der Waals surface area contributed by atoms with E-state index in [4.69, 9.17) is 5.73 Å². The fraction of sp³-hybridized carbons (Fsp3) is 0.0909. The molecule has 0 saturated heterocycles. The molecule has 0 fully saturated rings. The molecule has 2 aromatic rings. The van der Waals surface area contributed by atoms with Gasteiger partial charge in [-0.2, -0.15) is 4.98 Å². The van der Waals surface area contributed by atoms with Crippen molar-refractivity contribution in [1.82, 2.24) is 9.97 Å². The van der Waals surface area contributed by atoms with Crippen LogP contribution in [0.2, 0.25) is 0 Å². The van der Waals surface area contributed by atoms with E-state index in [0.717, 1.165) is 12.1 Å². The molecular formula is C11H11ClF2N4. The van der Waals surface area contributed by atoms with Gasteiger partial charge < -0.3 is 11.1 Å². The maximum Gasteiger partial charge on any atom is 0.222 e. The largest absolute Gasteiger partial charge is 0.368 e. The molecule has 0 aliphatic carbocycles. The molecule has 1 heterocycles. The van der Waals surface area contributed by atoms with Crippen LogP contribution in [-0.4, -0.2) is 9.97 Å². The summed E-state index contributed by atoms with van der Waals surface area (Å²) in [6, 6.07) is 5.14. The lowest BCUT2D eigenvalue weighted by atomic mass is 10.3. The van der Waals surface area contributed by atoms with Crippen LogP contribution in [0.5, 0.6) is 0 Å². The quantitative estimate of drug-likeness (QED) is 0.882. The number of aryl methyl sites for hydroxylation is 1. The van der Waals surface area contributed by atoms with Crippen molar-refractivity contribution >= 4 is 29.9 Å². The Kier molecular flexibility index (Phi) is 4.38. The first-order valence-corrected chi connectivity index (χ1v) is 4.88. The summed E-state index contributed by atoms with van der Waals surface area (Å²) in [5, 5.41) is 2.82. The van der Waals surface area contributed by atoms with E-state index >= 15 is 0 Å². The summed E-state index contributed by atoms with van der Waals surface area (Å²) in [6.07, 6.45) is 0. The Bertz CT molecular complexity index is 542. The molecule has 18 heavy (non-hydrogen) atoms. The van der Waals surface area contributed by atoms with E-state index in [1.54, 1.807) is 13.0 Å². The molecular weight excluding hydrogens is 262 g/mol. The molecule has 2 rings (SSSR count). The van der Waals surface area contributed by atoms with Crippen molar-refractivity contribution in [3.63, 3.8) is 0 Å². The number of nitrogens with zero attached hydrogens (tertiary/aromatic N) is 2. The summed E-state index contributed by atoms with van der Waals surface area (Å²) in [5.74, 6) is -1.27. The van der Waals surface area contributed by atoms with Crippen LogP contribution < -0.4 is 11.1 Å². The zero-order valence-electron chi connectivity index (χ0n) is 9.45. The van der Waals surface area contributed by atoms with E-state index in [1.165, 1.54) is 6.07 Å². The molecule has 0 aliphatic heterocycles. The zero-order valence-corrected chi connectivity index (χ0v) is 10.3. The van der Waals surface area contributed by atoms with Gasteiger partial charge in [-0.25, -0.2) is 13.8 Å². The lowest BCUT2D eigenvalue weighted by molar-refractivity contribution is 0.509. The number of anilines is 3. The highest BCUT2D eigenvalue weighted by Crippen LogP contribution is 2.18. The second-order valence-corrected chi connectivity index (χ2v) is 3.51. The number of rotatable bonds is 2. The zero-order chi connectivity index (χ0) is 12.4. The summed E-state index contributed by atoms with van der Waals surface area (Å²) in [4.78, 5) is 7.82. The Hall–Kier alpha value is -1.95. The Labute approximate surface area is 109 Å². The smallest absolute Gasteiger partial charge is 0.222 e. The number of nitrogen functional groups attached to an aromatic ring is 1. The molecule has 7 heteroatoms. The molecule has 96 valence electrons. The average Bonchev–Trinajstić information content (AvgIpc) is 2.22. The number of nitrogens with one attached hydrogen (secondary N) is 1. The molecule has 1 aromatic carbocycles. The van der Waals surface area contributed by atoms with Crippen molar-refractivity contribution in [3.05, 3.63) is 41.6 Å². The van der Waals surface area contributed by atoms with Crippen LogP contribution in [0.3, 0.4) is 0 Å². The third kappa shape index (κ3) is 3.27. The maximum absolute atomic E-state index is 13.0. The molecule has 0 radical (unpaired) electrons. The first-order chi connectivity index (χ1) is 8.04. The number of aromatic nitrogens is 2. The van der Waals surface area contributed by atoms with E-state index in [1.807, 2.05) is 0 Å². The number of nitrogens with two attached hydrogens (primary N) is 1. The Morgan fingerprint density at radius 3 is 2.44 bits per heavy atom. The van der Waals surface area contributed by atoms with Gasteiger partial charge in [0.15, 0.2) is 11.6 Å². The van der Waals surface area contributed by atoms with Crippen molar-refractivity contribution in [1.29, 1.82) is 0 Å². The van der Waals surface area contributed by atoms with Crippen molar-refractivity contribution in [2.24, 2.45) is 0 Å². The summed E-state index contributed by atoms with van der Waals surface area (Å²) in [6.45, 7) is 1.76. The topological polar surface area (TPSA) is 63.8 Å². The molecule has 0 saturated carbocycles. The van der Waals surface area contributed by atoms with E-state index in [0.29, 0.717) is 17.2 Å². The molecule has 3 N–H and O–H groups in total. The van der Waals surface area contributed by atoms with E-state index < -0.39 is 11.6 Å². The van der Waals surface area contributed by atoms with Crippen molar-refractivity contribution in [2.45, 2.75) is 6.92 Å². The lowest BCUT2D eigenvalue weighted by Gasteiger charge is -2.07. The van der Waals surface area contributed by atoms with E-state index in [2.05, 4.69) is 15.3 Å². The van der Waals surface area contributed by atoms with Crippen LogP contribution >= 0.6 is 12.4 Å². The molecule has 0 spiro atoms. The fourth-order valence-electron chi connectivity index (χ4n) is 1.38. The summed E-state index contributed by atoms with van der Waals surface area (Å²) in [5.41, 5.74) is 6.54. The summed E-state index contributed by atoms with van der Waals surface area (Å²) in [7, 11) is 0. The normalized spacial score (nSPS) is 9.72. The van der Waals surface area contributed by atoms with E-state index in [-0.39, 0.29) is 18.4 Å². The van der Waals surface area contributed by atoms with Crippen LogP contribution in [0.15, 0.2) is 24.3 Å². The van der Waals surface area contributed by atoms with Crippen LogP contribution in [0.1, 0.15) is 5.69 Å². The third-order valence-electron chi connectivity index (χ3n) is 2.06. The molecule has 4 nitrogen and oxygen atoms in total. The van der Waals surface area contributed by atoms with Crippen molar-refractivity contribution < 1.29 is 8.78 Å². The van der Waals surface area contributed by atoms with Crippen LogP contribution in [0.4, 0.5) is 26.2 Å². The van der Waals surface area contributed by atoms with Gasteiger partial charge in [-0.15, -0.1) is 12.4 Å². The lowest BCUT2D eigenvalue weighted by Crippen LogP contribution is -2.01. The minimum Gasteiger partial charge on any atom is -0.368 e. The molecule has 0 aliphatic rings. The fourth-order valence-corrected chi connectivity index (χ4v) is 1.38. The van der Waals surface area contributed by atoms with Crippen LogP contribution in [0.25, 0.3) is 0 Å². The minimum atomic E-state index is -0.922. The van der Waals surface area contributed by atoms with Gasteiger partial charge in [0.2, 0.25) is 5.95 Å².